The molecule has 0 bridgehead atoms. The number of benzene rings is 7. The highest BCUT2D eigenvalue weighted by Gasteiger charge is 2.42. The van der Waals surface area contributed by atoms with E-state index in [1.807, 2.05) is 0 Å². The Hall–Kier alpha value is -3.64. The normalized spacial score (nSPS) is 22.3. The smallest absolute Gasteiger partial charge is 0.0000272 e. The molecule has 0 spiro atoms. The van der Waals surface area contributed by atoms with Gasteiger partial charge in [0.05, 0.1) is 0 Å². The summed E-state index contributed by atoms with van der Waals surface area (Å²) in [4.78, 5) is 0. The van der Waals surface area contributed by atoms with Crippen LogP contribution >= 0.6 is 0 Å². The van der Waals surface area contributed by atoms with E-state index in [9.17, 15) is 0 Å². The van der Waals surface area contributed by atoms with Crippen LogP contribution in [0, 0.1) is 0 Å². The van der Waals surface area contributed by atoms with Crippen molar-refractivity contribution in [2.45, 2.75) is 43.9 Å². The van der Waals surface area contributed by atoms with Crippen LogP contribution in [0.3, 0.4) is 0 Å². The summed E-state index contributed by atoms with van der Waals surface area (Å²) in [5.41, 5.74) is 9.87. The largest absolute Gasteiger partial charge is 0.0539 e. The molecular formula is C35H18. The van der Waals surface area contributed by atoms with Crippen LogP contribution < -0.4 is 0 Å². The van der Waals surface area contributed by atoms with E-state index in [0.717, 1.165) is 24.7 Å². The molecule has 0 nitrogen and oxygen atoms in total. The first-order valence-corrected chi connectivity index (χ1v) is 13.6. The lowest BCUT2D eigenvalue weighted by Gasteiger charge is -2.28. The lowest BCUT2D eigenvalue weighted by molar-refractivity contribution is 0.626. The van der Waals surface area contributed by atoms with Crippen molar-refractivity contribution < 1.29 is 0 Å². The van der Waals surface area contributed by atoms with Gasteiger partial charge in [0.1, 0.15) is 0 Å². The van der Waals surface area contributed by atoms with E-state index < -0.39 is 0 Å². The number of rotatable bonds is 0. The van der Waals surface area contributed by atoms with Crippen LogP contribution in [0.15, 0.2) is 36.4 Å². The summed E-state index contributed by atoms with van der Waals surface area (Å²) in [5.74, 6) is 1.46. The van der Waals surface area contributed by atoms with E-state index in [-0.39, 0.29) is 0 Å². The van der Waals surface area contributed by atoms with Crippen LogP contribution in [0.4, 0.5) is 0 Å². The second kappa shape index (κ2) is 4.16. The molecule has 158 valence electrons. The summed E-state index contributed by atoms with van der Waals surface area (Å²) in [6.45, 7) is 0. The summed E-state index contributed by atoms with van der Waals surface area (Å²) >= 11 is 0. The molecule has 9 aromatic rings. The van der Waals surface area contributed by atoms with Crippen molar-refractivity contribution in [1.29, 1.82) is 0 Å². The van der Waals surface area contributed by atoms with Gasteiger partial charge in [0, 0.05) is 0 Å². The third-order valence-electron chi connectivity index (χ3n) is 11.5. The first-order chi connectivity index (χ1) is 17.4. The predicted molar refractivity (Wildman–Crippen MR) is 147 cm³/mol. The van der Waals surface area contributed by atoms with Crippen LogP contribution in [0.25, 0.3) is 86.2 Å². The predicted octanol–water partition coefficient (Wildman–Crippen LogP) is 9.27. The molecule has 0 saturated heterocycles. The topological polar surface area (TPSA) is 0 Å². The van der Waals surface area contributed by atoms with Gasteiger partial charge < -0.3 is 0 Å². The Morgan fingerprint density at radius 1 is 0.400 bits per heavy atom. The number of hydrogen-bond acceptors (Lipinski definition) is 0. The van der Waals surface area contributed by atoms with Crippen molar-refractivity contribution in [2.24, 2.45) is 0 Å². The molecule has 13 rings (SSSR count). The average Bonchev–Trinajstić information content (AvgIpc) is 3.66. The minimum Gasteiger partial charge on any atom is -0.0539 e. The van der Waals surface area contributed by atoms with Crippen LogP contribution in [0.1, 0.15) is 64.5 Å². The molecule has 0 heterocycles. The van der Waals surface area contributed by atoms with Gasteiger partial charge in [0.15, 0.2) is 0 Å². The lowest BCUT2D eigenvalue weighted by Crippen LogP contribution is -2.10. The van der Waals surface area contributed by atoms with Gasteiger partial charge in [-0.05, 0) is 157 Å². The molecule has 0 N–H and O–H groups in total. The quantitative estimate of drug-likeness (QED) is 0.207. The molecule has 0 aromatic heterocycles. The van der Waals surface area contributed by atoms with E-state index >= 15 is 0 Å². The fraction of sp³-hybridized carbons (Fsp3) is 0.200. The van der Waals surface area contributed by atoms with E-state index in [1.54, 1.807) is 109 Å². The maximum atomic E-state index is 2.70. The molecule has 1 saturated carbocycles. The second-order valence-corrected chi connectivity index (χ2v) is 12.6. The Kier molecular flexibility index (Phi) is 1.83. The van der Waals surface area contributed by atoms with E-state index in [1.165, 1.54) is 30.0 Å². The third-order valence-corrected chi connectivity index (χ3v) is 11.5. The van der Waals surface area contributed by atoms with Gasteiger partial charge >= 0.3 is 0 Å². The Bertz CT molecular complexity index is 2330. The zero-order valence-electron chi connectivity index (χ0n) is 19.2. The molecule has 9 aromatic carbocycles. The van der Waals surface area contributed by atoms with Gasteiger partial charge in [0.25, 0.3) is 0 Å². The van der Waals surface area contributed by atoms with Crippen molar-refractivity contribution in [3.05, 3.63) is 69.8 Å². The minimum absolute atomic E-state index is 0.731. The Balaban J connectivity index is 1.57. The van der Waals surface area contributed by atoms with Gasteiger partial charge in [-0.25, -0.2) is 0 Å². The number of hydrogen-bond donors (Lipinski definition) is 0. The molecule has 0 amide bonds. The van der Waals surface area contributed by atoms with E-state index in [0.29, 0.717) is 0 Å². The highest BCUT2D eigenvalue weighted by molar-refractivity contribution is 6.58. The van der Waals surface area contributed by atoms with Crippen molar-refractivity contribution in [2.75, 3.05) is 0 Å². The maximum absolute atomic E-state index is 2.70. The molecule has 4 aliphatic carbocycles. The van der Waals surface area contributed by atoms with Gasteiger partial charge in [0.2, 0.25) is 0 Å². The molecule has 0 radical (unpaired) electrons. The Labute approximate surface area is 199 Å². The zero-order valence-corrected chi connectivity index (χ0v) is 19.2. The van der Waals surface area contributed by atoms with Crippen molar-refractivity contribution in [3.63, 3.8) is 0 Å². The molecule has 0 aliphatic heterocycles. The van der Waals surface area contributed by atoms with Gasteiger partial charge in [-0.1, -0.05) is 42.8 Å². The molecule has 0 heteroatoms. The highest BCUT2D eigenvalue weighted by Crippen LogP contribution is 2.66. The minimum atomic E-state index is 0.731. The Morgan fingerprint density at radius 2 is 0.800 bits per heavy atom. The average molecular weight is 439 g/mol. The SMILES string of the molecule is c1c2c3c4c(cc5c6c7c(cc8ccc9cc%10c%11c(c1C%10)c3c(c46)c1c%11c9c8c71)C5)C1CCCC21. The van der Waals surface area contributed by atoms with Crippen LogP contribution in [-0.4, -0.2) is 0 Å². The van der Waals surface area contributed by atoms with Gasteiger partial charge in [-0.15, -0.1) is 0 Å². The van der Waals surface area contributed by atoms with Crippen molar-refractivity contribution in [3.8, 4) is 0 Å². The van der Waals surface area contributed by atoms with E-state index in [2.05, 4.69) is 36.4 Å². The monoisotopic (exact) mass is 438 g/mol. The summed E-state index contributed by atoms with van der Waals surface area (Å²) in [6.07, 6.45) is 6.39. The van der Waals surface area contributed by atoms with E-state index in [4.69, 9.17) is 0 Å². The van der Waals surface area contributed by atoms with Gasteiger partial charge in [-0.2, -0.15) is 0 Å². The Morgan fingerprint density at radius 3 is 1.29 bits per heavy atom. The second-order valence-electron chi connectivity index (χ2n) is 12.6. The number of fused-ring (bicyclic) bond motifs is 3. The first kappa shape index (κ1) is 15.4. The fourth-order valence-electron chi connectivity index (χ4n) is 10.7. The summed E-state index contributed by atoms with van der Waals surface area (Å²) in [7, 11) is 0. The van der Waals surface area contributed by atoms with Crippen molar-refractivity contribution >= 4 is 86.2 Å². The lowest BCUT2D eigenvalue weighted by atomic mass is 9.75. The molecule has 1 fully saturated rings. The molecule has 4 aliphatic rings. The standard InChI is InChI=1S/C35H18/c1-2-18-19(3-1)21-11-17-9-15-7-13-5-4-12-6-14-8-16-10-20(18)28-29(21)33-27(17)25(15)31-23(13)22(12)30-24(14)26(16)32(28)35(33)34(30)31/h4-7,10-11,18-19H,1-3,8-9H2. The van der Waals surface area contributed by atoms with Crippen LogP contribution in [0.2, 0.25) is 0 Å². The van der Waals surface area contributed by atoms with Crippen molar-refractivity contribution in [1.82, 2.24) is 0 Å². The highest BCUT2D eigenvalue weighted by atomic mass is 14.5. The fourth-order valence-corrected chi connectivity index (χ4v) is 10.7. The molecule has 35 heavy (non-hydrogen) atoms. The van der Waals surface area contributed by atoms with Crippen LogP contribution in [-0.2, 0) is 12.8 Å². The van der Waals surface area contributed by atoms with Gasteiger partial charge in [-0.3, -0.25) is 0 Å². The first-order valence-electron chi connectivity index (χ1n) is 13.6. The summed E-state index contributed by atoms with van der Waals surface area (Å²) in [5, 5.41) is 25.7. The maximum Gasteiger partial charge on any atom is -0.0000272 e. The summed E-state index contributed by atoms with van der Waals surface area (Å²) < 4.78 is 0. The molecular weight excluding hydrogens is 420 g/mol. The summed E-state index contributed by atoms with van der Waals surface area (Å²) in [6, 6.07) is 15.4. The molecule has 2 atom stereocenters. The van der Waals surface area contributed by atoms with Crippen LogP contribution in [0.5, 0.6) is 0 Å². The zero-order chi connectivity index (χ0) is 21.6. The third kappa shape index (κ3) is 1.19. The molecule has 2 unspecified atom stereocenters.